The molecular formula is C14H24N4O. The molecule has 0 aliphatic carbocycles. The Hall–Kier alpha value is -0.910. The molecule has 2 fully saturated rings. The zero-order chi connectivity index (χ0) is 13.1. The first kappa shape index (κ1) is 13.1. The predicted molar refractivity (Wildman–Crippen MR) is 73.7 cm³/mol. The Bertz CT molecular complexity index is 378. The zero-order valence-electron chi connectivity index (χ0n) is 11.5. The van der Waals surface area contributed by atoms with Crippen LogP contribution < -0.4 is 0 Å². The van der Waals surface area contributed by atoms with E-state index in [1.807, 2.05) is 6.07 Å². The third kappa shape index (κ3) is 3.35. The Morgan fingerprint density at radius 2 is 1.89 bits per heavy atom. The van der Waals surface area contributed by atoms with Crippen molar-refractivity contribution < 1.29 is 5.11 Å². The van der Waals surface area contributed by atoms with Gasteiger partial charge in [-0.2, -0.15) is 5.10 Å². The lowest BCUT2D eigenvalue weighted by molar-refractivity contribution is -0.0432. The standard InChI is InChI=1S/C14H24N4O/c19-14(12-18-7-1-2-8-18)4-9-17(10-5-14)11-13-3-6-15-16-13/h3,6,19H,1-2,4-5,7-12H2,(H,15,16). The van der Waals surface area contributed by atoms with Crippen LogP contribution in [0, 0.1) is 0 Å². The predicted octanol–water partition coefficient (Wildman–Crippen LogP) is 0.832. The van der Waals surface area contributed by atoms with Gasteiger partial charge in [-0.05, 0) is 44.8 Å². The largest absolute Gasteiger partial charge is 0.388 e. The summed E-state index contributed by atoms with van der Waals surface area (Å²) in [4.78, 5) is 4.82. The minimum absolute atomic E-state index is 0.463. The quantitative estimate of drug-likeness (QED) is 0.846. The van der Waals surface area contributed by atoms with Gasteiger partial charge in [0.05, 0.1) is 5.60 Å². The van der Waals surface area contributed by atoms with Crippen molar-refractivity contribution in [2.45, 2.75) is 37.8 Å². The molecule has 1 aromatic heterocycles. The van der Waals surface area contributed by atoms with Crippen LogP contribution >= 0.6 is 0 Å². The maximum absolute atomic E-state index is 10.7. The van der Waals surface area contributed by atoms with Gasteiger partial charge in [-0.25, -0.2) is 0 Å². The van der Waals surface area contributed by atoms with Gasteiger partial charge in [0.1, 0.15) is 0 Å². The molecule has 0 bridgehead atoms. The second-order valence-corrected chi connectivity index (χ2v) is 6.07. The van der Waals surface area contributed by atoms with Crippen LogP contribution in [0.3, 0.4) is 0 Å². The number of β-amino-alcohol motifs (C(OH)–C–C–N with tert-alkyl or cyclic N) is 1. The van der Waals surface area contributed by atoms with E-state index in [1.165, 1.54) is 25.9 Å². The van der Waals surface area contributed by atoms with E-state index in [0.717, 1.165) is 44.7 Å². The first-order valence-electron chi connectivity index (χ1n) is 7.39. The van der Waals surface area contributed by atoms with Gasteiger partial charge >= 0.3 is 0 Å². The maximum Gasteiger partial charge on any atom is 0.0798 e. The summed E-state index contributed by atoms with van der Waals surface area (Å²) in [7, 11) is 0. The highest BCUT2D eigenvalue weighted by molar-refractivity contribution is 4.98. The number of aromatic amines is 1. The topological polar surface area (TPSA) is 55.4 Å². The van der Waals surface area contributed by atoms with E-state index in [1.54, 1.807) is 6.20 Å². The fourth-order valence-corrected chi connectivity index (χ4v) is 3.26. The zero-order valence-corrected chi connectivity index (χ0v) is 11.5. The first-order chi connectivity index (χ1) is 9.23. The summed E-state index contributed by atoms with van der Waals surface area (Å²) in [6, 6.07) is 2.02. The normalized spacial score (nSPS) is 24.9. The molecule has 2 N–H and O–H groups in total. The summed E-state index contributed by atoms with van der Waals surface area (Å²) >= 11 is 0. The number of hydrogen-bond acceptors (Lipinski definition) is 4. The molecule has 3 heterocycles. The summed E-state index contributed by atoms with van der Waals surface area (Å²) in [6.45, 7) is 6.07. The van der Waals surface area contributed by atoms with Crippen LogP contribution in [0.25, 0.3) is 0 Å². The molecule has 0 unspecified atom stereocenters. The van der Waals surface area contributed by atoms with Gasteiger partial charge in [0, 0.05) is 38.1 Å². The first-order valence-corrected chi connectivity index (χ1v) is 7.39. The number of aliphatic hydroxyl groups is 1. The molecule has 0 spiro atoms. The lowest BCUT2D eigenvalue weighted by atomic mass is 9.91. The van der Waals surface area contributed by atoms with Gasteiger partial charge in [0.25, 0.3) is 0 Å². The van der Waals surface area contributed by atoms with Crippen LogP contribution in [-0.2, 0) is 6.54 Å². The number of nitrogens with zero attached hydrogens (tertiary/aromatic N) is 3. The Labute approximate surface area is 114 Å². The second-order valence-electron chi connectivity index (χ2n) is 6.07. The molecule has 2 saturated heterocycles. The average molecular weight is 264 g/mol. The Kier molecular flexibility index (Phi) is 3.86. The van der Waals surface area contributed by atoms with Crippen LogP contribution in [0.4, 0.5) is 0 Å². The van der Waals surface area contributed by atoms with Crippen molar-refractivity contribution in [2.24, 2.45) is 0 Å². The number of likely N-dealkylation sites (tertiary alicyclic amines) is 2. The van der Waals surface area contributed by atoms with Crippen LogP contribution in [0.15, 0.2) is 12.3 Å². The molecule has 0 amide bonds. The number of rotatable bonds is 4. The minimum Gasteiger partial charge on any atom is -0.388 e. The van der Waals surface area contributed by atoms with E-state index in [-0.39, 0.29) is 0 Å². The van der Waals surface area contributed by atoms with E-state index in [0.29, 0.717) is 0 Å². The van der Waals surface area contributed by atoms with Crippen LogP contribution in [0.1, 0.15) is 31.4 Å². The summed E-state index contributed by atoms with van der Waals surface area (Å²) in [5.41, 5.74) is 0.694. The highest BCUT2D eigenvalue weighted by Crippen LogP contribution is 2.25. The van der Waals surface area contributed by atoms with Crippen molar-refractivity contribution in [3.63, 3.8) is 0 Å². The Balaban J connectivity index is 1.47. The van der Waals surface area contributed by atoms with Gasteiger partial charge in [0.15, 0.2) is 0 Å². The van der Waals surface area contributed by atoms with E-state index in [4.69, 9.17) is 0 Å². The number of hydrogen-bond donors (Lipinski definition) is 2. The van der Waals surface area contributed by atoms with Crippen LogP contribution in [0.2, 0.25) is 0 Å². The molecule has 106 valence electrons. The van der Waals surface area contributed by atoms with Gasteiger partial charge in [-0.15, -0.1) is 0 Å². The SMILES string of the molecule is OC1(CN2CCCC2)CCN(Cc2ccn[nH]2)CC1. The number of nitrogens with one attached hydrogen (secondary N) is 1. The number of aromatic nitrogens is 2. The lowest BCUT2D eigenvalue weighted by Crippen LogP contribution is -2.50. The van der Waals surface area contributed by atoms with Crippen LogP contribution in [-0.4, -0.2) is 63.4 Å². The molecule has 1 aromatic rings. The molecule has 0 aromatic carbocycles. The highest BCUT2D eigenvalue weighted by atomic mass is 16.3. The average Bonchev–Trinajstić information content (AvgIpc) is 3.06. The van der Waals surface area contributed by atoms with Gasteiger partial charge in [0.2, 0.25) is 0 Å². The fourth-order valence-electron chi connectivity index (χ4n) is 3.26. The second kappa shape index (κ2) is 5.61. The van der Waals surface area contributed by atoms with E-state index in [2.05, 4.69) is 20.0 Å². The fraction of sp³-hybridized carbons (Fsp3) is 0.786. The Morgan fingerprint density at radius 1 is 1.16 bits per heavy atom. The molecule has 0 saturated carbocycles. The van der Waals surface area contributed by atoms with E-state index >= 15 is 0 Å². The van der Waals surface area contributed by atoms with Crippen molar-refractivity contribution in [2.75, 3.05) is 32.7 Å². The van der Waals surface area contributed by atoms with Crippen molar-refractivity contribution in [1.82, 2.24) is 20.0 Å². The molecule has 5 heteroatoms. The summed E-state index contributed by atoms with van der Waals surface area (Å²) in [5, 5.41) is 17.7. The van der Waals surface area contributed by atoms with Crippen molar-refractivity contribution >= 4 is 0 Å². The molecule has 0 atom stereocenters. The van der Waals surface area contributed by atoms with Crippen molar-refractivity contribution in [1.29, 1.82) is 0 Å². The molecular weight excluding hydrogens is 240 g/mol. The summed E-state index contributed by atoms with van der Waals surface area (Å²) in [5.74, 6) is 0. The van der Waals surface area contributed by atoms with Gasteiger partial charge in [-0.3, -0.25) is 10.00 Å². The number of H-pyrrole nitrogens is 1. The molecule has 19 heavy (non-hydrogen) atoms. The molecule has 2 aliphatic heterocycles. The van der Waals surface area contributed by atoms with E-state index < -0.39 is 5.60 Å². The van der Waals surface area contributed by atoms with Crippen molar-refractivity contribution in [3.05, 3.63) is 18.0 Å². The lowest BCUT2D eigenvalue weighted by Gasteiger charge is -2.40. The van der Waals surface area contributed by atoms with E-state index in [9.17, 15) is 5.11 Å². The van der Waals surface area contributed by atoms with Crippen molar-refractivity contribution in [3.8, 4) is 0 Å². The molecule has 3 rings (SSSR count). The smallest absolute Gasteiger partial charge is 0.0798 e. The van der Waals surface area contributed by atoms with Gasteiger partial charge in [-0.1, -0.05) is 0 Å². The summed E-state index contributed by atoms with van der Waals surface area (Å²) < 4.78 is 0. The van der Waals surface area contributed by atoms with Crippen LogP contribution in [0.5, 0.6) is 0 Å². The maximum atomic E-state index is 10.7. The molecule has 2 aliphatic rings. The summed E-state index contributed by atoms with van der Waals surface area (Å²) in [6.07, 6.45) is 6.16. The number of piperidine rings is 1. The van der Waals surface area contributed by atoms with Gasteiger partial charge < -0.3 is 10.0 Å². The third-order valence-electron chi connectivity index (χ3n) is 4.46. The monoisotopic (exact) mass is 264 g/mol. The Morgan fingerprint density at radius 3 is 2.53 bits per heavy atom. The highest BCUT2D eigenvalue weighted by Gasteiger charge is 2.34. The molecule has 5 nitrogen and oxygen atoms in total. The third-order valence-corrected chi connectivity index (χ3v) is 4.46. The minimum atomic E-state index is -0.463. The molecule has 0 radical (unpaired) electrons.